The Balaban J connectivity index is 2.52. The highest BCUT2D eigenvalue weighted by atomic mass is 16.4. The molecule has 82 valence electrons. The van der Waals surface area contributed by atoms with Crippen LogP contribution in [0.25, 0.3) is 0 Å². The molecule has 0 aromatic rings. The lowest BCUT2D eigenvalue weighted by Gasteiger charge is -2.31. The van der Waals surface area contributed by atoms with Gasteiger partial charge in [-0.3, -0.25) is 4.79 Å². The predicted molar refractivity (Wildman–Crippen MR) is 52.7 cm³/mol. The van der Waals surface area contributed by atoms with Gasteiger partial charge < -0.3 is 9.90 Å². The highest BCUT2D eigenvalue weighted by Gasteiger charge is 2.63. The lowest BCUT2D eigenvalue weighted by Crippen LogP contribution is -2.32. The summed E-state index contributed by atoms with van der Waals surface area (Å²) in [7, 11) is 0. The zero-order valence-corrected chi connectivity index (χ0v) is 9.29. The molecular formula is C12H15O3-. The average molecular weight is 207 g/mol. The van der Waals surface area contributed by atoms with Gasteiger partial charge in [-0.1, -0.05) is 20.8 Å². The van der Waals surface area contributed by atoms with Crippen molar-refractivity contribution in [2.75, 3.05) is 0 Å². The molecule has 2 saturated carbocycles. The van der Waals surface area contributed by atoms with Gasteiger partial charge in [0.25, 0.3) is 0 Å². The molecule has 0 amide bonds. The topological polar surface area (TPSA) is 57.2 Å². The van der Waals surface area contributed by atoms with Crippen LogP contribution in [0.3, 0.4) is 0 Å². The van der Waals surface area contributed by atoms with Crippen molar-refractivity contribution in [3.63, 3.8) is 0 Å². The summed E-state index contributed by atoms with van der Waals surface area (Å²) in [5.74, 6) is -1.16. The Hall–Kier alpha value is -1.12. The van der Waals surface area contributed by atoms with Gasteiger partial charge in [0, 0.05) is 11.0 Å². The zero-order valence-electron chi connectivity index (χ0n) is 9.29. The molecule has 15 heavy (non-hydrogen) atoms. The summed E-state index contributed by atoms with van der Waals surface area (Å²) in [4.78, 5) is 22.6. The first-order valence-corrected chi connectivity index (χ1v) is 5.28. The number of rotatable bonds is 1. The van der Waals surface area contributed by atoms with E-state index in [1.165, 1.54) is 0 Å². The monoisotopic (exact) mass is 207 g/mol. The average Bonchev–Trinajstić information content (AvgIpc) is 2.40. The first-order valence-electron chi connectivity index (χ1n) is 5.28. The summed E-state index contributed by atoms with van der Waals surface area (Å²) in [5, 5.41) is 10.6. The Kier molecular flexibility index (Phi) is 1.88. The van der Waals surface area contributed by atoms with Crippen LogP contribution in [-0.4, -0.2) is 11.8 Å². The van der Waals surface area contributed by atoms with E-state index in [2.05, 4.69) is 13.8 Å². The molecule has 0 aromatic heterocycles. The standard InChI is InChI=1S/C12H16O3/c1-11(2)8-4-5-12(11,3)10(15)7(8)6-9(13)14/h6,8H,4-5H2,1-3H3,(H,13,14)/p-1/b7-6+/t8-,12-/m1/s1. The van der Waals surface area contributed by atoms with Crippen molar-refractivity contribution in [2.45, 2.75) is 33.6 Å². The van der Waals surface area contributed by atoms with Gasteiger partial charge in [-0.05, 0) is 30.3 Å². The molecule has 0 aromatic carbocycles. The van der Waals surface area contributed by atoms with Crippen molar-refractivity contribution in [3.05, 3.63) is 11.6 Å². The molecular weight excluding hydrogens is 192 g/mol. The molecule has 2 rings (SSSR count). The van der Waals surface area contributed by atoms with Crippen LogP contribution in [0, 0.1) is 16.7 Å². The van der Waals surface area contributed by atoms with Crippen LogP contribution in [0.15, 0.2) is 11.6 Å². The van der Waals surface area contributed by atoms with Gasteiger partial charge in [0.05, 0.1) is 5.97 Å². The fourth-order valence-corrected chi connectivity index (χ4v) is 3.22. The molecule has 0 unspecified atom stereocenters. The number of carboxylic acids is 1. The number of allylic oxidation sites excluding steroid dienone is 1. The van der Waals surface area contributed by atoms with Crippen molar-refractivity contribution in [1.82, 2.24) is 0 Å². The fraction of sp³-hybridized carbons (Fsp3) is 0.667. The lowest BCUT2D eigenvalue weighted by atomic mass is 9.70. The van der Waals surface area contributed by atoms with E-state index in [0.29, 0.717) is 5.57 Å². The third kappa shape index (κ3) is 1.06. The number of hydrogen-bond donors (Lipinski definition) is 0. The summed E-state index contributed by atoms with van der Waals surface area (Å²) in [6.07, 6.45) is 2.78. The van der Waals surface area contributed by atoms with Crippen LogP contribution in [0.1, 0.15) is 33.6 Å². The molecule has 3 nitrogen and oxygen atoms in total. The van der Waals surface area contributed by atoms with E-state index in [0.717, 1.165) is 18.9 Å². The van der Waals surface area contributed by atoms with Crippen molar-refractivity contribution in [1.29, 1.82) is 0 Å². The van der Waals surface area contributed by atoms with Gasteiger partial charge in [0.1, 0.15) is 0 Å². The van der Waals surface area contributed by atoms with Crippen LogP contribution in [-0.2, 0) is 9.59 Å². The first kappa shape index (κ1) is 10.4. The highest BCUT2D eigenvalue weighted by Crippen LogP contribution is 2.65. The normalized spacial score (nSPS) is 40.1. The maximum Gasteiger partial charge on any atom is 0.165 e. The predicted octanol–water partition coefficient (Wildman–Crippen LogP) is 0.688. The molecule has 2 bridgehead atoms. The van der Waals surface area contributed by atoms with Crippen molar-refractivity contribution >= 4 is 11.8 Å². The SMILES string of the molecule is CC1(C)[C@@H]2CC[C@]1(C)C(=O)/C2=C/C(=O)[O-]. The van der Waals surface area contributed by atoms with E-state index in [1.54, 1.807) is 0 Å². The first-order chi connectivity index (χ1) is 6.80. The second-order valence-electron chi connectivity index (χ2n) is 5.39. The molecule has 2 aliphatic rings. The number of ketones is 1. The minimum Gasteiger partial charge on any atom is -0.545 e. The molecule has 2 atom stereocenters. The number of aliphatic carboxylic acids is 1. The summed E-state index contributed by atoms with van der Waals surface area (Å²) in [5.41, 5.74) is -0.0293. The van der Waals surface area contributed by atoms with Crippen LogP contribution in [0.4, 0.5) is 0 Å². The maximum absolute atomic E-state index is 12.1. The number of Topliss-reactive ketones (excluding diaryl/α,β-unsaturated/α-hetero) is 1. The third-order valence-corrected chi connectivity index (χ3v) is 4.64. The van der Waals surface area contributed by atoms with E-state index in [-0.39, 0.29) is 22.5 Å². The number of carboxylic acid groups (broad SMARTS) is 1. The number of carbonyl (C=O) groups is 2. The lowest BCUT2D eigenvalue weighted by molar-refractivity contribution is -0.297. The third-order valence-electron chi connectivity index (χ3n) is 4.64. The van der Waals surface area contributed by atoms with E-state index in [1.807, 2.05) is 6.92 Å². The van der Waals surface area contributed by atoms with E-state index >= 15 is 0 Å². The van der Waals surface area contributed by atoms with Crippen LogP contribution in [0.2, 0.25) is 0 Å². The molecule has 0 heterocycles. The summed E-state index contributed by atoms with van der Waals surface area (Å²) >= 11 is 0. The molecule has 2 fully saturated rings. The zero-order chi connectivity index (χ0) is 11.4. The molecule has 0 spiro atoms. The second-order valence-corrected chi connectivity index (χ2v) is 5.39. The van der Waals surface area contributed by atoms with E-state index in [9.17, 15) is 14.7 Å². The summed E-state index contributed by atoms with van der Waals surface area (Å²) in [6, 6.07) is 0. The number of fused-ring (bicyclic) bond motifs is 2. The maximum atomic E-state index is 12.1. The van der Waals surface area contributed by atoms with Gasteiger partial charge >= 0.3 is 0 Å². The highest BCUT2D eigenvalue weighted by molar-refractivity contribution is 6.07. The molecule has 0 N–H and O–H groups in total. The number of hydrogen-bond acceptors (Lipinski definition) is 3. The minimum atomic E-state index is -1.26. The van der Waals surface area contributed by atoms with Crippen molar-refractivity contribution < 1.29 is 14.7 Å². The molecule has 0 aliphatic heterocycles. The van der Waals surface area contributed by atoms with E-state index in [4.69, 9.17) is 0 Å². The Morgan fingerprint density at radius 2 is 2.07 bits per heavy atom. The molecule has 0 radical (unpaired) electrons. The largest absolute Gasteiger partial charge is 0.545 e. The fourth-order valence-electron chi connectivity index (χ4n) is 3.22. The molecule has 2 aliphatic carbocycles. The Labute approximate surface area is 89.2 Å². The van der Waals surface area contributed by atoms with Gasteiger partial charge in [0.15, 0.2) is 5.78 Å². The van der Waals surface area contributed by atoms with Crippen LogP contribution >= 0.6 is 0 Å². The Morgan fingerprint density at radius 1 is 1.47 bits per heavy atom. The van der Waals surface area contributed by atoms with Crippen molar-refractivity contribution in [3.8, 4) is 0 Å². The van der Waals surface area contributed by atoms with Crippen LogP contribution in [0.5, 0.6) is 0 Å². The Morgan fingerprint density at radius 3 is 2.47 bits per heavy atom. The van der Waals surface area contributed by atoms with Crippen molar-refractivity contribution in [2.24, 2.45) is 16.7 Å². The quantitative estimate of drug-likeness (QED) is 0.594. The van der Waals surface area contributed by atoms with Gasteiger partial charge in [-0.25, -0.2) is 0 Å². The van der Waals surface area contributed by atoms with Crippen LogP contribution < -0.4 is 5.11 Å². The molecule has 3 heteroatoms. The Bertz CT molecular complexity index is 378. The number of carbonyl (C=O) groups excluding carboxylic acids is 2. The smallest absolute Gasteiger partial charge is 0.165 e. The summed E-state index contributed by atoms with van der Waals surface area (Å²) in [6.45, 7) is 6.06. The minimum absolute atomic E-state index is 0.00736. The molecule has 0 saturated heterocycles. The summed E-state index contributed by atoms with van der Waals surface area (Å²) < 4.78 is 0. The van der Waals surface area contributed by atoms with Gasteiger partial charge in [0.2, 0.25) is 0 Å². The van der Waals surface area contributed by atoms with Gasteiger partial charge in [-0.2, -0.15) is 0 Å². The van der Waals surface area contributed by atoms with Gasteiger partial charge in [-0.15, -0.1) is 0 Å². The second kappa shape index (κ2) is 2.71. The van der Waals surface area contributed by atoms with E-state index < -0.39 is 5.97 Å².